The summed E-state index contributed by atoms with van der Waals surface area (Å²) >= 11 is 1.79. The van der Waals surface area contributed by atoms with E-state index >= 15 is 0 Å². The summed E-state index contributed by atoms with van der Waals surface area (Å²) in [7, 11) is 0. The number of thiophene rings is 1. The van der Waals surface area contributed by atoms with Gasteiger partial charge in [-0.15, -0.1) is 11.3 Å². The van der Waals surface area contributed by atoms with E-state index in [0.29, 0.717) is 0 Å². The van der Waals surface area contributed by atoms with Crippen LogP contribution in [0.1, 0.15) is 5.82 Å². The zero-order chi connectivity index (χ0) is 18.7. The molecule has 0 spiro atoms. The molecule has 0 fully saturated rings. The largest absolute Gasteiger partial charge is 0.232 e. The quantitative estimate of drug-likeness (QED) is 0.305. The van der Waals surface area contributed by atoms with Crippen LogP contribution in [0.25, 0.3) is 53.1 Å². The van der Waals surface area contributed by atoms with Crippen LogP contribution in [-0.4, -0.2) is 9.97 Å². The molecule has 4 aromatic carbocycles. The van der Waals surface area contributed by atoms with Crippen LogP contribution in [0.3, 0.4) is 0 Å². The van der Waals surface area contributed by atoms with E-state index in [9.17, 15) is 0 Å². The van der Waals surface area contributed by atoms with Gasteiger partial charge in [0.05, 0.1) is 15.9 Å². The van der Waals surface area contributed by atoms with Gasteiger partial charge in [0.25, 0.3) is 0 Å². The van der Waals surface area contributed by atoms with Gasteiger partial charge in [-0.2, -0.15) is 0 Å². The minimum Gasteiger partial charge on any atom is -0.232 e. The van der Waals surface area contributed by atoms with Gasteiger partial charge in [-0.1, -0.05) is 60.7 Å². The lowest BCUT2D eigenvalue weighted by Crippen LogP contribution is -1.92. The van der Waals surface area contributed by atoms with Gasteiger partial charge in [-0.25, -0.2) is 9.97 Å². The number of fused-ring (bicyclic) bond motifs is 5. The van der Waals surface area contributed by atoms with E-state index in [0.717, 1.165) is 27.3 Å². The van der Waals surface area contributed by atoms with Crippen LogP contribution in [0.5, 0.6) is 0 Å². The predicted molar refractivity (Wildman–Crippen MR) is 120 cm³/mol. The first-order valence-corrected chi connectivity index (χ1v) is 10.2. The van der Waals surface area contributed by atoms with Gasteiger partial charge < -0.3 is 0 Å². The highest BCUT2D eigenvalue weighted by atomic mass is 32.1. The molecule has 0 saturated heterocycles. The first-order valence-electron chi connectivity index (χ1n) is 9.35. The Morgan fingerprint density at radius 3 is 2.14 bits per heavy atom. The summed E-state index contributed by atoms with van der Waals surface area (Å²) in [6.07, 6.45) is 0. The summed E-state index contributed by atoms with van der Waals surface area (Å²) in [6.45, 7) is 1.98. The van der Waals surface area contributed by atoms with E-state index in [1.54, 1.807) is 11.3 Å². The minimum atomic E-state index is 0.809. The average Bonchev–Trinajstić information content (AvgIpc) is 3.08. The molecule has 0 aliphatic carbocycles. The maximum Gasteiger partial charge on any atom is 0.126 e. The van der Waals surface area contributed by atoms with Crippen LogP contribution in [0.15, 0.2) is 78.9 Å². The Morgan fingerprint density at radius 2 is 1.36 bits per heavy atom. The normalized spacial score (nSPS) is 11.8. The fourth-order valence-corrected chi connectivity index (χ4v) is 5.16. The summed E-state index contributed by atoms with van der Waals surface area (Å²) < 4.78 is 2.42. The molecule has 28 heavy (non-hydrogen) atoms. The molecule has 6 rings (SSSR count). The third kappa shape index (κ3) is 2.33. The lowest BCUT2D eigenvalue weighted by molar-refractivity contribution is 1.10. The molecule has 132 valence electrons. The molecule has 0 radical (unpaired) electrons. The molecule has 0 bridgehead atoms. The molecule has 0 aliphatic heterocycles. The SMILES string of the molecule is Cc1nc(-c2ccc3ccccc3c2)c2sc3cc4ccccc4cc3c2n1. The highest BCUT2D eigenvalue weighted by molar-refractivity contribution is 7.26. The molecule has 0 unspecified atom stereocenters. The van der Waals surface area contributed by atoms with Crippen LogP contribution >= 0.6 is 11.3 Å². The molecule has 0 N–H and O–H groups in total. The third-order valence-corrected chi connectivity index (χ3v) is 6.46. The Hall–Kier alpha value is -3.30. The molecule has 0 aliphatic rings. The number of rotatable bonds is 1. The topological polar surface area (TPSA) is 25.8 Å². The first-order chi connectivity index (χ1) is 13.8. The Morgan fingerprint density at radius 1 is 0.679 bits per heavy atom. The summed E-state index contributed by atoms with van der Waals surface area (Å²) in [6, 6.07) is 28.1. The predicted octanol–water partition coefficient (Wildman–Crippen LogP) is 7.13. The fraction of sp³-hybridized carbons (Fsp3) is 0.0400. The van der Waals surface area contributed by atoms with Crippen LogP contribution in [-0.2, 0) is 0 Å². The highest BCUT2D eigenvalue weighted by Gasteiger charge is 2.15. The number of hydrogen-bond donors (Lipinski definition) is 0. The van der Waals surface area contributed by atoms with Gasteiger partial charge in [0.15, 0.2) is 0 Å². The number of hydrogen-bond acceptors (Lipinski definition) is 3. The lowest BCUT2D eigenvalue weighted by Gasteiger charge is -2.06. The van der Waals surface area contributed by atoms with E-state index in [1.807, 2.05) is 6.92 Å². The van der Waals surface area contributed by atoms with Crippen molar-refractivity contribution in [2.75, 3.05) is 0 Å². The Balaban J connectivity index is 1.70. The second-order valence-electron chi connectivity index (χ2n) is 7.16. The first kappa shape index (κ1) is 15.7. The standard InChI is InChI=1S/C25H16N2S/c1-15-26-23(20-11-10-16-6-2-3-7-17(16)12-20)25-24(27-15)21-13-18-8-4-5-9-19(18)14-22(21)28-25/h2-14H,1H3. The van der Waals surface area contributed by atoms with Gasteiger partial charge in [-0.05, 0) is 46.7 Å². The molecule has 2 nitrogen and oxygen atoms in total. The Labute approximate surface area is 166 Å². The molecule has 6 aromatic rings. The molecule has 0 saturated carbocycles. The maximum absolute atomic E-state index is 4.84. The second-order valence-corrected chi connectivity index (χ2v) is 8.21. The van der Waals surface area contributed by atoms with Gasteiger partial charge in [0, 0.05) is 15.6 Å². The number of aromatic nitrogens is 2. The monoisotopic (exact) mass is 376 g/mol. The van der Waals surface area contributed by atoms with Crippen molar-refractivity contribution in [1.29, 1.82) is 0 Å². The van der Waals surface area contributed by atoms with E-state index in [-0.39, 0.29) is 0 Å². The van der Waals surface area contributed by atoms with Crippen molar-refractivity contribution in [3.05, 3.63) is 84.7 Å². The fourth-order valence-electron chi connectivity index (χ4n) is 3.97. The van der Waals surface area contributed by atoms with Crippen molar-refractivity contribution in [2.45, 2.75) is 6.92 Å². The number of benzene rings is 4. The summed E-state index contributed by atoms with van der Waals surface area (Å²) in [5.74, 6) is 0.809. The lowest BCUT2D eigenvalue weighted by atomic mass is 10.0. The van der Waals surface area contributed by atoms with Crippen molar-refractivity contribution in [3.63, 3.8) is 0 Å². The summed E-state index contributed by atoms with van der Waals surface area (Å²) in [4.78, 5) is 9.66. The van der Waals surface area contributed by atoms with E-state index in [2.05, 4.69) is 78.9 Å². The number of aryl methyl sites for hydroxylation is 1. The van der Waals surface area contributed by atoms with Crippen molar-refractivity contribution >= 4 is 53.2 Å². The molecule has 3 heteroatoms. The number of nitrogens with zero attached hydrogens (tertiary/aromatic N) is 2. The smallest absolute Gasteiger partial charge is 0.126 e. The van der Waals surface area contributed by atoms with Crippen LogP contribution in [0.2, 0.25) is 0 Å². The molecule has 2 aromatic heterocycles. The van der Waals surface area contributed by atoms with Crippen LogP contribution in [0, 0.1) is 6.92 Å². The summed E-state index contributed by atoms with van der Waals surface area (Å²) in [5, 5.41) is 6.20. The van der Waals surface area contributed by atoms with Gasteiger partial charge in [-0.3, -0.25) is 0 Å². The van der Waals surface area contributed by atoms with E-state index in [1.165, 1.54) is 31.6 Å². The molecular weight excluding hydrogens is 360 g/mol. The minimum absolute atomic E-state index is 0.809. The molecule has 2 heterocycles. The zero-order valence-corrected chi connectivity index (χ0v) is 16.1. The average molecular weight is 376 g/mol. The van der Waals surface area contributed by atoms with E-state index < -0.39 is 0 Å². The van der Waals surface area contributed by atoms with Crippen LogP contribution < -0.4 is 0 Å². The molecule has 0 atom stereocenters. The van der Waals surface area contributed by atoms with Crippen molar-refractivity contribution in [2.24, 2.45) is 0 Å². The van der Waals surface area contributed by atoms with E-state index in [4.69, 9.17) is 9.97 Å². The van der Waals surface area contributed by atoms with Gasteiger partial charge in [0.1, 0.15) is 5.82 Å². The van der Waals surface area contributed by atoms with Gasteiger partial charge >= 0.3 is 0 Å². The van der Waals surface area contributed by atoms with Gasteiger partial charge in [0.2, 0.25) is 0 Å². The van der Waals surface area contributed by atoms with Crippen molar-refractivity contribution in [3.8, 4) is 11.3 Å². The Bertz CT molecular complexity index is 1530. The van der Waals surface area contributed by atoms with Crippen molar-refractivity contribution in [1.82, 2.24) is 9.97 Å². The highest BCUT2D eigenvalue weighted by Crippen LogP contribution is 2.40. The zero-order valence-electron chi connectivity index (χ0n) is 15.3. The third-order valence-electron chi connectivity index (χ3n) is 5.32. The van der Waals surface area contributed by atoms with Crippen LogP contribution in [0.4, 0.5) is 0 Å². The second kappa shape index (κ2) is 5.85. The summed E-state index contributed by atoms with van der Waals surface area (Å²) in [5.41, 5.74) is 3.23. The van der Waals surface area contributed by atoms with Crippen molar-refractivity contribution < 1.29 is 0 Å². The molecular formula is C25H16N2S. The molecule has 0 amide bonds. The maximum atomic E-state index is 4.84. The Kier molecular flexibility index (Phi) is 3.28.